The molecule has 2 aromatic carbocycles. The summed E-state index contributed by atoms with van der Waals surface area (Å²) in [5, 5.41) is 0. The quantitative estimate of drug-likeness (QED) is 0.789. The van der Waals surface area contributed by atoms with Crippen molar-refractivity contribution in [3.05, 3.63) is 65.7 Å². The van der Waals surface area contributed by atoms with Crippen molar-refractivity contribution in [2.24, 2.45) is 4.99 Å². The van der Waals surface area contributed by atoms with Gasteiger partial charge in [-0.3, -0.25) is 9.79 Å². The third kappa shape index (κ3) is 2.54. The third-order valence-corrected chi connectivity index (χ3v) is 3.74. The lowest BCUT2D eigenvalue weighted by atomic mass is 9.97. The van der Waals surface area contributed by atoms with Crippen LogP contribution in [0.15, 0.2) is 59.6 Å². The Morgan fingerprint density at radius 3 is 2.27 bits per heavy atom. The average Bonchev–Trinajstić information content (AvgIpc) is 2.63. The van der Waals surface area contributed by atoms with Gasteiger partial charge >= 0.3 is 0 Å². The van der Waals surface area contributed by atoms with Gasteiger partial charge in [-0.1, -0.05) is 48.5 Å². The maximum atomic E-state index is 12.6. The maximum absolute atomic E-state index is 12.6. The first-order valence-electron chi connectivity index (χ1n) is 7.51. The summed E-state index contributed by atoms with van der Waals surface area (Å²) in [4.78, 5) is 19.1. The number of benzodiazepines with no additional fused rings is 1. The number of hydrogen-bond acceptors (Lipinski definition) is 2. The van der Waals surface area contributed by atoms with Gasteiger partial charge in [-0.15, -0.1) is 0 Å². The summed E-state index contributed by atoms with van der Waals surface area (Å²) in [6.07, 6.45) is 0. The Bertz CT molecular complexity index is 727. The molecule has 22 heavy (non-hydrogen) atoms. The van der Waals surface area contributed by atoms with E-state index < -0.39 is 0 Å². The van der Waals surface area contributed by atoms with Crippen LogP contribution in [-0.4, -0.2) is 23.7 Å². The molecule has 0 N–H and O–H groups in total. The molecule has 0 unspecified atom stereocenters. The van der Waals surface area contributed by atoms with Crippen LogP contribution in [0.3, 0.4) is 0 Å². The number of hydrogen-bond donors (Lipinski definition) is 0. The van der Waals surface area contributed by atoms with E-state index in [1.54, 1.807) is 0 Å². The monoisotopic (exact) mass is 292 g/mol. The SMILES string of the molecule is CC(C)(C)N1C(=O)CN=C(c2ccccc2)c2ccccc21. The third-order valence-electron chi connectivity index (χ3n) is 3.74. The summed E-state index contributed by atoms with van der Waals surface area (Å²) in [6.45, 7) is 6.33. The van der Waals surface area contributed by atoms with Crippen molar-refractivity contribution in [1.29, 1.82) is 0 Å². The molecule has 1 amide bonds. The van der Waals surface area contributed by atoms with E-state index in [1.165, 1.54) is 0 Å². The minimum Gasteiger partial charge on any atom is -0.305 e. The molecule has 0 bridgehead atoms. The number of amides is 1. The van der Waals surface area contributed by atoms with Crippen LogP contribution in [0.1, 0.15) is 31.9 Å². The van der Waals surface area contributed by atoms with Gasteiger partial charge in [-0.2, -0.15) is 0 Å². The Balaban J connectivity index is 2.21. The standard InChI is InChI=1S/C19H20N2O/c1-19(2,3)21-16-12-8-7-11-15(16)18(20-13-17(21)22)14-9-5-4-6-10-14/h4-12H,13H2,1-3H3. The first-order chi connectivity index (χ1) is 10.5. The molecule has 0 fully saturated rings. The Kier molecular flexibility index (Phi) is 3.57. The minimum absolute atomic E-state index is 0.0332. The number of rotatable bonds is 1. The van der Waals surface area contributed by atoms with Crippen LogP contribution >= 0.6 is 0 Å². The van der Waals surface area contributed by atoms with Crippen molar-refractivity contribution >= 4 is 17.3 Å². The van der Waals surface area contributed by atoms with Crippen molar-refractivity contribution in [3.8, 4) is 0 Å². The van der Waals surface area contributed by atoms with Crippen molar-refractivity contribution < 1.29 is 4.79 Å². The Morgan fingerprint density at radius 1 is 0.955 bits per heavy atom. The molecule has 0 radical (unpaired) electrons. The van der Waals surface area contributed by atoms with E-state index >= 15 is 0 Å². The van der Waals surface area contributed by atoms with Crippen LogP contribution in [0.5, 0.6) is 0 Å². The highest BCUT2D eigenvalue weighted by Crippen LogP contribution is 2.31. The predicted molar refractivity (Wildman–Crippen MR) is 90.6 cm³/mol. The largest absolute Gasteiger partial charge is 0.305 e. The molecule has 1 aliphatic rings. The average molecular weight is 292 g/mol. The van der Waals surface area contributed by atoms with Gasteiger partial charge in [-0.25, -0.2) is 0 Å². The molecule has 0 aliphatic carbocycles. The van der Waals surface area contributed by atoms with E-state index in [0.29, 0.717) is 0 Å². The second-order valence-corrected chi connectivity index (χ2v) is 6.45. The van der Waals surface area contributed by atoms with Crippen LogP contribution in [0, 0.1) is 0 Å². The van der Waals surface area contributed by atoms with E-state index in [2.05, 4.69) is 25.8 Å². The molecule has 1 aliphatic heterocycles. The Hall–Kier alpha value is -2.42. The van der Waals surface area contributed by atoms with Crippen LogP contribution in [0.2, 0.25) is 0 Å². The highest BCUT2D eigenvalue weighted by atomic mass is 16.2. The molecule has 0 saturated heterocycles. The normalized spacial score (nSPS) is 15.1. The second-order valence-electron chi connectivity index (χ2n) is 6.45. The van der Waals surface area contributed by atoms with E-state index in [0.717, 1.165) is 22.5 Å². The topological polar surface area (TPSA) is 32.7 Å². The molecule has 112 valence electrons. The van der Waals surface area contributed by atoms with Gasteiger partial charge in [0.2, 0.25) is 5.91 Å². The maximum Gasteiger partial charge on any atom is 0.249 e. The minimum atomic E-state index is -0.283. The van der Waals surface area contributed by atoms with Gasteiger partial charge in [0, 0.05) is 16.7 Å². The lowest BCUT2D eigenvalue weighted by molar-refractivity contribution is -0.118. The summed E-state index contributed by atoms with van der Waals surface area (Å²) in [5.41, 5.74) is 3.58. The molecule has 3 rings (SSSR count). The van der Waals surface area contributed by atoms with Gasteiger partial charge in [0.1, 0.15) is 6.54 Å². The number of para-hydroxylation sites is 1. The first kappa shape index (κ1) is 14.5. The lowest BCUT2D eigenvalue weighted by Gasteiger charge is -2.35. The van der Waals surface area contributed by atoms with Crippen molar-refractivity contribution in [1.82, 2.24) is 0 Å². The van der Waals surface area contributed by atoms with Gasteiger partial charge in [0.15, 0.2) is 0 Å². The molecule has 3 nitrogen and oxygen atoms in total. The van der Waals surface area contributed by atoms with E-state index in [1.807, 2.05) is 59.5 Å². The molecule has 1 heterocycles. The summed E-state index contributed by atoms with van der Waals surface area (Å²) in [6, 6.07) is 18.1. The first-order valence-corrected chi connectivity index (χ1v) is 7.51. The van der Waals surface area contributed by atoms with Crippen LogP contribution in [0.25, 0.3) is 0 Å². The zero-order valence-electron chi connectivity index (χ0n) is 13.2. The fraction of sp³-hybridized carbons (Fsp3) is 0.263. The van der Waals surface area contributed by atoms with Gasteiger partial charge < -0.3 is 4.90 Å². The number of fused-ring (bicyclic) bond motifs is 1. The van der Waals surface area contributed by atoms with Gasteiger partial charge in [0.05, 0.1) is 11.4 Å². The highest BCUT2D eigenvalue weighted by Gasteiger charge is 2.32. The summed E-state index contributed by atoms with van der Waals surface area (Å²) < 4.78 is 0. The van der Waals surface area contributed by atoms with Crippen LogP contribution in [-0.2, 0) is 4.79 Å². The molecule has 0 spiro atoms. The summed E-state index contributed by atoms with van der Waals surface area (Å²) in [7, 11) is 0. The molecule has 0 atom stereocenters. The van der Waals surface area contributed by atoms with E-state index in [4.69, 9.17) is 0 Å². The highest BCUT2D eigenvalue weighted by molar-refractivity contribution is 6.19. The number of carbonyl (C=O) groups is 1. The lowest BCUT2D eigenvalue weighted by Crippen LogP contribution is -2.47. The molecule has 2 aromatic rings. The van der Waals surface area contributed by atoms with Gasteiger partial charge in [-0.05, 0) is 26.8 Å². The fourth-order valence-electron chi connectivity index (χ4n) is 2.88. The van der Waals surface area contributed by atoms with Gasteiger partial charge in [0.25, 0.3) is 0 Å². The number of anilines is 1. The number of benzene rings is 2. The Morgan fingerprint density at radius 2 is 1.59 bits per heavy atom. The molecule has 0 aromatic heterocycles. The molecular formula is C19H20N2O. The summed E-state index contributed by atoms with van der Waals surface area (Å²) >= 11 is 0. The second kappa shape index (κ2) is 5.41. The predicted octanol–water partition coefficient (Wildman–Crippen LogP) is 3.67. The van der Waals surface area contributed by atoms with Crippen molar-refractivity contribution in [3.63, 3.8) is 0 Å². The van der Waals surface area contributed by atoms with Crippen LogP contribution in [0.4, 0.5) is 5.69 Å². The Labute approximate surface area is 131 Å². The molecule has 3 heteroatoms. The number of aliphatic imine (C=N–C) groups is 1. The fourth-order valence-corrected chi connectivity index (χ4v) is 2.88. The van der Waals surface area contributed by atoms with E-state index in [-0.39, 0.29) is 18.0 Å². The van der Waals surface area contributed by atoms with E-state index in [9.17, 15) is 4.79 Å². The smallest absolute Gasteiger partial charge is 0.249 e. The van der Waals surface area contributed by atoms with Crippen molar-refractivity contribution in [2.45, 2.75) is 26.3 Å². The zero-order valence-corrected chi connectivity index (χ0v) is 13.2. The van der Waals surface area contributed by atoms with Crippen LogP contribution < -0.4 is 4.90 Å². The molecular weight excluding hydrogens is 272 g/mol. The molecule has 0 saturated carbocycles. The number of carbonyl (C=O) groups excluding carboxylic acids is 1. The van der Waals surface area contributed by atoms with Crippen molar-refractivity contribution in [2.75, 3.05) is 11.4 Å². The number of nitrogens with zero attached hydrogens (tertiary/aromatic N) is 2. The summed E-state index contributed by atoms with van der Waals surface area (Å²) in [5.74, 6) is 0.0332. The zero-order chi connectivity index (χ0) is 15.7.